The van der Waals surface area contributed by atoms with Gasteiger partial charge in [-0.2, -0.15) is 0 Å². The Hall–Kier alpha value is -1.97. The normalized spacial score (nSPS) is 10.7. The fraction of sp³-hybridized carbons (Fsp3) is 0.308. The largest absolute Gasteiger partial charge is 0.334 e. The van der Waals surface area contributed by atoms with E-state index >= 15 is 0 Å². The van der Waals surface area contributed by atoms with Gasteiger partial charge in [-0.25, -0.2) is 4.98 Å². The second-order valence-corrected chi connectivity index (χ2v) is 4.06. The van der Waals surface area contributed by atoms with Crippen molar-refractivity contribution in [1.82, 2.24) is 9.55 Å². The highest BCUT2D eigenvalue weighted by Crippen LogP contribution is 2.15. The van der Waals surface area contributed by atoms with E-state index in [0.29, 0.717) is 18.4 Å². The molecule has 0 aliphatic rings. The van der Waals surface area contributed by atoms with Crippen LogP contribution in [0.25, 0.3) is 11.0 Å². The molecular weight excluding hydrogens is 216 g/mol. The first-order valence-corrected chi connectivity index (χ1v) is 5.62. The van der Waals surface area contributed by atoms with Crippen LogP contribution in [0.4, 0.5) is 0 Å². The van der Waals surface area contributed by atoms with Gasteiger partial charge in [-0.3, -0.25) is 9.59 Å². The predicted molar refractivity (Wildman–Crippen MR) is 65.0 cm³/mol. The van der Waals surface area contributed by atoms with Crippen LogP contribution in [0.5, 0.6) is 0 Å². The molecule has 4 heteroatoms. The fourth-order valence-electron chi connectivity index (χ4n) is 1.78. The Labute approximate surface area is 99.3 Å². The van der Waals surface area contributed by atoms with Crippen molar-refractivity contribution in [3.63, 3.8) is 0 Å². The molecule has 2 rings (SSSR count). The van der Waals surface area contributed by atoms with Crippen molar-refractivity contribution in [3.05, 3.63) is 30.1 Å². The third kappa shape index (κ3) is 2.11. The number of Topliss-reactive ketones (excluding diaryl/α,β-unsaturated/α-hetero) is 2. The summed E-state index contributed by atoms with van der Waals surface area (Å²) in [5.41, 5.74) is 2.11. The molecule has 0 bridgehead atoms. The number of benzene rings is 1. The Balaban J connectivity index is 2.36. The van der Waals surface area contributed by atoms with Crippen molar-refractivity contribution in [2.24, 2.45) is 7.05 Å². The van der Waals surface area contributed by atoms with Gasteiger partial charge in [-0.1, -0.05) is 6.92 Å². The molecule has 1 aromatic heterocycles. The molecule has 4 nitrogen and oxygen atoms in total. The molecule has 1 heterocycles. The van der Waals surface area contributed by atoms with Gasteiger partial charge in [-0.15, -0.1) is 0 Å². The number of ketones is 2. The molecule has 0 spiro atoms. The lowest BCUT2D eigenvalue weighted by molar-refractivity contribution is -0.115. The quantitative estimate of drug-likeness (QED) is 0.597. The summed E-state index contributed by atoms with van der Waals surface area (Å²) in [6.07, 6.45) is 2.68. The molecule has 0 N–H and O–H groups in total. The maximum Gasteiger partial charge on any atom is 0.228 e. The van der Waals surface area contributed by atoms with E-state index < -0.39 is 5.78 Å². The molecule has 88 valence electrons. The van der Waals surface area contributed by atoms with Crippen molar-refractivity contribution in [2.45, 2.75) is 19.8 Å². The van der Waals surface area contributed by atoms with Gasteiger partial charge >= 0.3 is 0 Å². The van der Waals surface area contributed by atoms with Crippen LogP contribution < -0.4 is 0 Å². The fourth-order valence-corrected chi connectivity index (χ4v) is 1.78. The van der Waals surface area contributed by atoms with Crippen LogP contribution in [0.2, 0.25) is 0 Å². The van der Waals surface area contributed by atoms with Gasteiger partial charge < -0.3 is 4.57 Å². The highest BCUT2D eigenvalue weighted by Gasteiger charge is 2.15. The van der Waals surface area contributed by atoms with E-state index in [4.69, 9.17) is 0 Å². The topological polar surface area (TPSA) is 52.0 Å². The molecule has 0 saturated carbocycles. The standard InChI is InChI=1S/C13H14N2O2/c1-3-4-12(16)13(17)9-5-6-11-10(7-9)14-8-15(11)2/h5-8H,3-4H2,1-2H3. The van der Waals surface area contributed by atoms with Crippen molar-refractivity contribution in [2.75, 3.05) is 0 Å². The zero-order valence-corrected chi connectivity index (χ0v) is 9.93. The van der Waals surface area contributed by atoms with Crippen LogP contribution in [-0.2, 0) is 11.8 Å². The molecule has 17 heavy (non-hydrogen) atoms. The van der Waals surface area contributed by atoms with E-state index in [1.807, 2.05) is 24.6 Å². The SMILES string of the molecule is CCCC(=O)C(=O)c1ccc2c(c1)ncn2C. The summed E-state index contributed by atoms with van der Waals surface area (Å²) in [5.74, 6) is -0.748. The lowest BCUT2D eigenvalue weighted by Crippen LogP contribution is -2.13. The number of hydrogen-bond donors (Lipinski definition) is 0. The van der Waals surface area contributed by atoms with Crippen LogP contribution in [0.15, 0.2) is 24.5 Å². The Bertz CT molecular complexity index is 584. The van der Waals surface area contributed by atoms with Crippen molar-refractivity contribution < 1.29 is 9.59 Å². The first-order valence-electron chi connectivity index (χ1n) is 5.62. The maximum absolute atomic E-state index is 11.8. The molecule has 0 aliphatic carbocycles. The molecule has 1 aromatic carbocycles. The number of fused-ring (bicyclic) bond motifs is 1. The molecule has 0 unspecified atom stereocenters. The summed E-state index contributed by atoms with van der Waals surface area (Å²) in [6, 6.07) is 5.17. The number of hydrogen-bond acceptors (Lipinski definition) is 3. The second-order valence-electron chi connectivity index (χ2n) is 4.06. The van der Waals surface area contributed by atoms with Gasteiger partial charge in [0.2, 0.25) is 11.6 Å². The second kappa shape index (κ2) is 4.49. The first-order chi connectivity index (χ1) is 8.13. The summed E-state index contributed by atoms with van der Waals surface area (Å²) < 4.78 is 1.87. The van der Waals surface area contributed by atoms with Gasteiger partial charge in [0.25, 0.3) is 0 Å². The summed E-state index contributed by atoms with van der Waals surface area (Å²) in [5, 5.41) is 0. The zero-order valence-electron chi connectivity index (χ0n) is 9.93. The smallest absolute Gasteiger partial charge is 0.228 e. The highest BCUT2D eigenvalue weighted by molar-refractivity contribution is 6.43. The maximum atomic E-state index is 11.8. The summed E-state index contributed by atoms with van der Waals surface area (Å²) in [4.78, 5) is 27.5. The van der Waals surface area contributed by atoms with Crippen molar-refractivity contribution in [1.29, 1.82) is 0 Å². The Morgan fingerprint density at radius 2 is 2.12 bits per heavy atom. The van der Waals surface area contributed by atoms with Gasteiger partial charge in [0.05, 0.1) is 17.4 Å². The predicted octanol–water partition coefficient (Wildman–Crippen LogP) is 2.13. The van der Waals surface area contributed by atoms with Crippen LogP contribution in [0, 0.1) is 0 Å². The number of rotatable bonds is 4. The third-order valence-electron chi connectivity index (χ3n) is 2.72. The van der Waals surface area contributed by atoms with E-state index in [-0.39, 0.29) is 5.78 Å². The molecular formula is C13H14N2O2. The average molecular weight is 230 g/mol. The number of carbonyl (C=O) groups is 2. The lowest BCUT2D eigenvalue weighted by atomic mass is 10.0. The van der Waals surface area contributed by atoms with Crippen molar-refractivity contribution >= 4 is 22.6 Å². The van der Waals surface area contributed by atoms with Gasteiger partial charge in [0.1, 0.15) is 0 Å². The summed E-state index contributed by atoms with van der Waals surface area (Å²) in [7, 11) is 1.89. The molecule has 0 radical (unpaired) electrons. The molecule has 0 amide bonds. The van der Waals surface area contributed by atoms with E-state index in [0.717, 1.165) is 11.0 Å². The Kier molecular flexibility index (Phi) is 3.04. The van der Waals surface area contributed by atoms with Crippen molar-refractivity contribution in [3.8, 4) is 0 Å². The van der Waals surface area contributed by atoms with Crippen LogP contribution in [0.3, 0.4) is 0 Å². The molecule has 2 aromatic rings. The van der Waals surface area contributed by atoms with Gasteiger partial charge in [-0.05, 0) is 24.6 Å². The zero-order chi connectivity index (χ0) is 12.4. The number of carbonyl (C=O) groups excluding carboxylic acids is 2. The number of imidazole rings is 1. The summed E-state index contributed by atoms with van der Waals surface area (Å²) >= 11 is 0. The lowest BCUT2D eigenvalue weighted by Gasteiger charge is -2.00. The molecule has 0 fully saturated rings. The molecule has 0 atom stereocenters. The van der Waals surface area contributed by atoms with Crippen LogP contribution >= 0.6 is 0 Å². The van der Waals surface area contributed by atoms with Gasteiger partial charge in [0, 0.05) is 19.0 Å². The van der Waals surface area contributed by atoms with E-state index in [2.05, 4.69) is 4.98 Å². The van der Waals surface area contributed by atoms with E-state index in [1.54, 1.807) is 18.5 Å². The third-order valence-corrected chi connectivity index (χ3v) is 2.72. The minimum atomic E-state index is -0.417. The molecule has 0 saturated heterocycles. The number of aryl methyl sites for hydroxylation is 1. The molecule has 0 aliphatic heterocycles. The first kappa shape index (κ1) is 11.5. The minimum Gasteiger partial charge on any atom is -0.334 e. The number of aromatic nitrogens is 2. The highest BCUT2D eigenvalue weighted by atomic mass is 16.2. The Morgan fingerprint density at radius 1 is 1.35 bits per heavy atom. The van der Waals surface area contributed by atoms with E-state index in [1.165, 1.54) is 0 Å². The number of nitrogens with zero attached hydrogens (tertiary/aromatic N) is 2. The van der Waals surface area contributed by atoms with Crippen LogP contribution in [-0.4, -0.2) is 21.1 Å². The van der Waals surface area contributed by atoms with E-state index in [9.17, 15) is 9.59 Å². The monoisotopic (exact) mass is 230 g/mol. The van der Waals surface area contributed by atoms with Gasteiger partial charge in [0.15, 0.2) is 0 Å². The minimum absolute atomic E-state index is 0.305. The summed E-state index contributed by atoms with van der Waals surface area (Å²) in [6.45, 7) is 1.88. The average Bonchev–Trinajstić information content (AvgIpc) is 2.70. The Morgan fingerprint density at radius 3 is 2.82 bits per heavy atom. The van der Waals surface area contributed by atoms with Crippen LogP contribution in [0.1, 0.15) is 30.1 Å².